The van der Waals surface area contributed by atoms with Crippen molar-refractivity contribution in [3.05, 3.63) is 24.3 Å². The van der Waals surface area contributed by atoms with Gasteiger partial charge in [0.05, 0.1) is 6.04 Å². The van der Waals surface area contributed by atoms with Gasteiger partial charge < -0.3 is 15.5 Å². The number of amides is 1. The highest BCUT2D eigenvalue weighted by molar-refractivity contribution is 5.64. The number of nitrogens with zero attached hydrogens (tertiary/aromatic N) is 2. The van der Waals surface area contributed by atoms with Crippen molar-refractivity contribution in [2.45, 2.75) is 19.1 Å². The summed E-state index contributed by atoms with van der Waals surface area (Å²) in [4.78, 5) is 17.9. The monoisotopic (exact) mass is 197 g/mol. The van der Waals surface area contributed by atoms with Crippen molar-refractivity contribution in [1.82, 2.24) is 15.3 Å². The van der Waals surface area contributed by atoms with Crippen LogP contribution in [-0.4, -0.2) is 32.3 Å². The van der Waals surface area contributed by atoms with Crippen LogP contribution in [0.1, 0.15) is 18.9 Å². The summed E-state index contributed by atoms with van der Waals surface area (Å²) in [7, 11) is 0. The van der Waals surface area contributed by atoms with Crippen LogP contribution < -0.4 is 5.32 Å². The summed E-state index contributed by atoms with van der Waals surface area (Å²) < 4.78 is 0. The van der Waals surface area contributed by atoms with E-state index in [-0.39, 0.29) is 5.82 Å². The van der Waals surface area contributed by atoms with Crippen molar-refractivity contribution in [3.8, 4) is 0 Å². The largest absolute Gasteiger partial charge is 0.465 e. The molecule has 76 valence electrons. The third-order valence-electron chi connectivity index (χ3n) is 1.68. The lowest BCUT2D eigenvalue weighted by Gasteiger charge is -2.16. The Morgan fingerprint density at radius 1 is 1.50 bits per heavy atom. The van der Waals surface area contributed by atoms with Crippen LogP contribution in [-0.2, 0) is 0 Å². The van der Waals surface area contributed by atoms with Gasteiger partial charge in [-0.25, -0.2) is 14.8 Å². The summed E-state index contributed by atoms with van der Waals surface area (Å²) in [5, 5.41) is 20.1. The number of hydrogen-bond donors (Lipinski definition) is 3. The fourth-order valence-electron chi connectivity index (χ4n) is 0.961. The van der Waals surface area contributed by atoms with Crippen LogP contribution in [0.4, 0.5) is 4.79 Å². The number of carbonyl (C=O) groups is 1. The summed E-state index contributed by atoms with van der Waals surface area (Å²) in [6, 6.07) is 0.973. The van der Waals surface area contributed by atoms with Gasteiger partial charge in [-0.1, -0.05) is 0 Å². The van der Waals surface area contributed by atoms with E-state index in [0.29, 0.717) is 0 Å². The first-order valence-corrected chi connectivity index (χ1v) is 4.05. The first kappa shape index (κ1) is 10.4. The molecular formula is C8H11N3O3. The van der Waals surface area contributed by atoms with E-state index >= 15 is 0 Å². The summed E-state index contributed by atoms with van der Waals surface area (Å²) >= 11 is 0. The van der Waals surface area contributed by atoms with Gasteiger partial charge in [-0.05, 0) is 13.0 Å². The molecule has 1 amide bonds. The van der Waals surface area contributed by atoms with E-state index < -0.39 is 18.2 Å². The van der Waals surface area contributed by atoms with E-state index in [4.69, 9.17) is 5.11 Å². The maximum Gasteiger partial charge on any atom is 0.404 e. The molecule has 0 radical (unpaired) electrons. The molecule has 0 aliphatic carbocycles. The van der Waals surface area contributed by atoms with E-state index in [1.54, 1.807) is 6.07 Å². The fraction of sp³-hybridized carbons (Fsp3) is 0.375. The maximum absolute atomic E-state index is 10.3. The Hall–Kier alpha value is -1.69. The molecule has 6 heteroatoms. The lowest BCUT2D eigenvalue weighted by Crippen LogP contribution is -2.36. The predicted octanol–water partition coefficient (Wildman–Crippen LogP) is 0.166. The van der Waals surface area contributed by atoms with Crippen LogP contribution in [0.15, 0.2) is 18.5 Å². The highest BCUT2D eigenvalue weighted by Gasteiger charge is 2.19. The minimum Gasteiger partial charge on any atom is -0.465 e. The Morgan fingerprint density at radius 3 is 2.57 bits per heavy atom. The molecule has 1 aromatic rings. The second-order valence-corrected chi connectivity index (χ2v) is 2.79. The highest BCUT2D eigenvalue weighted by Crippen LogP contribution is 2.10. The fourth-order valence-corrected chi connectivity index (χ4v) is 0.961. The molecule has 1 heterocycles. The molecule has 0 spiro atoms. The topological polar surface area (TPSA) is 95.3 Å². The molecule has 0 fully saturated rings. The first-order chi connectivity index (χ1) is 6.61. The van der Waals surface area contributed by atoms with E-state index in [0.717, 1.165) is 0 Å². The lowest BCUT2D eigenvalue weighted by atomic mass is 10.2. The summed E-state index contributed by atoms with van der Waals surface area (Å²) in [6.07, 6.45) is 0.748. The number of carboxylic acid groups (broad SMARTS) is 1. The number of hydrogen-bond acceptors (Lipinski definition) is 4. The molecule has 1 unspecified atom stereocenters. The molecule has 3 N–H and O–H groups in total. The minimum atomic E-state index is -1.19. The van der Waals surface area contributed by atoms with Crippen molar-refractivity contribution in [2.24, 2.45) is 0 Å². The molecule has 0 bridgehead atoms. The SMILES string of the molecule is C[C@H](NC(=O)O)C(O)c1ncccn1. The van der Waals surface area contributed by atoms with Gasteiger partial charge in [0.25, 0.3) is 0 Å². The van der Waals surface area contributed by atoms with Crippen molar-refractivity contribution in [1.29, 1.82) is 0 Å². The van der Waals surface area contributed by atoms with Gasteiger partial charge in [0.1, 0.15) is 6.10 Å². The smallest absolute Gasteiger partial charge is 0.404 e. The zero-order valence-corrected chi connectivity index (χ0v) is 7.58. The van der Waals surface area contributed by atoms with Crippen LogP contribution in [0, 0.1) is 0 Å². The van der Waals surface area contributed by atoms with E-state index in [9.17, 15) is 9.90 Å². The third-order valence-corrected chi connectivity index (χ3v) is 1.68. The number of rotatable bonds is 3. The molecule has 1 aromatic heterocycles. The zero-order valence-electron chi connectivity index (χ0n) is 7.58. The Balaban J connectivity index is 2.65. The Kier molecular flexibility index (Phi) is 3.35. The van der Waals surface area contributed by atoms with Crippen molar-refractivity contribution in [3.63, 3.8) is 0 Å². The summed E-state index contributed by atoms with van der Waals surface area (Å²) in [5.41, 5.74) is 0. The normalized spacial score (nSPS) is 14.4. The predicted molar refractivity (Wildman–Crippen MR) is 47.6 cm³/mol. The zero-order chi connectivity index (χ0) is 10.6. The molecular weight excluding hydrogens is 186 g/mol. The number of aliphatic hydroxyl groups is 1. The third kappa shape index (κ3) is 2.67. The lowest BCUT2D eigenvalue weighted by molar-refractivity contribution is 0.120. The van der Waals surface area contributed by atoms with Crippen LogP contribution in [0.3, 0.4) is 0 Å². The Bertz CT molecular complexity index is 304. The Labute approximate surface area is 80.6 Å². The van der Waals surface area contributed by atoms with Gasteiger partial charge >= 0.3 is 6.09 Å². The standard InChI is InChI=1S/C8H11N3O3/c1-5(11-8(13)14)6(12)7-9-3-2-4-10-7/h2-6,11-12H,1H3,(H,13,14)/t5-,6?/m0/s1. The molecule has 2 atom stereocenters. The van der Waals surface area contributed by atoms with Crippen LogP contribution in [0.25, 0.3) is 0 Å². The van der Waals surface area contributed by atoms with Gasteiger partial charge in [0.15, 0.2) is 5.82 Å². The second-order valence-electron chi connectivity index (χ2n) is 2.79. The average molecular weight is 197 g/mol. The molecule has 0 saturated heterocycles. The first-order valence-electron chi connectivity index (χ1n) is 4.05. The van der Waals surface area contributed by atoms with Crippen molar-refractivity contribution >= 4 is 6.09 Å². The molecule has 0 aromatic carbocycles. The number of aliphatic hydroxyl groups excluding tert-OH is 1. The van der Waals surface area contributed by atoms with Crippen LogP contribution in [0.5, 0.6) is 0 Å². The number of aromatic nitrogens is 2. The Morgan fingerprint density at radius 2 is 2.07 bits per heavy atom. The maximum atomic E-state index is 10.3. The average Bonchev–Trinajstić information content (AvgIpc) is 2.17. The van der Waals surface area contributed by atoms with Crippen LogP contribution in [0.2, 0.25) is 0 Å². The van der Waals surface area contributed by atoms with Gasteiger partial charge in [-0.3, -0.25) is 0 Å². The minimum absolute atomic E-state index is 0.203. The van der Waals surface area contributed by atoms with E-state index in [2.05, 4.69) is 15.3 Å². The molecule has 0 aliphatic rings. The molecule has 6 nitrogen and oxygen atoms in total. The van der Waals surface area contributed by atoms with E-state index in [1.807, 2.05) is 0 Å². The van der Waals surface area contributed by atoms with Crippen molar-refractivity contribution in [2.75, 3.05) is 0 Å². The molecule has 0 saturated carbocycles. The second kappa shape index (κ2) is 4.52. The van der Waals surface area contributed by atoms with E-state index in [1.165, 1.54) is 19.3 Å². The molecule has 1 rings (SSSR count). The van der Waals surface area contributed by atoms with Gasteiger partial charge in [0.2, 0.25) is 0 Å². The number of nitrogens with one attached hydrogen (secondary N) is 1. The van der Waals surface area contributed by atoms with Gasteiger partial charge in [-0.15, -0.1) is 0 Å². The quantitative estimate of drug-likeness (QED) is 0.641. The van der Waals surface area contributed by atoms with Crippen molar-refractivity contribution < 1.29 is 15.0 Å². The summed E-state index contributed by atoms with van der Waals surface area (Å²) in [5.74, 6) is 0.203. The van der Waals surface area contributed by atoms with Gasteiger partial charge in [0, 0.05) is 12.4 Å². The molecule has 14 heavy (non-hydrogen) atoms. The molecule has 0 aliphatic heterocycles. The van der Waals surface area contributed by atoms with Gasteiger partial charge in [-0.2, -0.15) is 0 Å². The highest BCUT2D eigenvalue weighted by atomic mass is 16.4. The van der Waals surface area contributed by atoms with Crippen LogP contribution >= 0.6 is 0 Å². The summed E-state index contributed by atoms with van der Waals surface area (Å²) in [6.45, 7) is 1.54.